The van der Waals surface area contributed by atoms with Gasteiger partial charge in [0.25, 0.3) is 0 Å². The summed E-state index contributed by atoms with van der Waals surface area (Å²) in [6, 6.07) is 17.1. The van der Waals surface area contributed by atoms with E-state index in [1.165, 1.54) is 29.2 Å². The average molecular weight is 295 g/mol. The normalized spacial score (nSPS) is 12.8. The molecule has 0 spiro atoms. The van der Waals surface area contributed by atoms with E-state index in [0.717, 1.165) is 26.2 Å². The van der Waals surface area contributed by atoms with E-state index in [1.807, 2.05) is 0 Å². The van der Waals surface area contributed by atoms with Crippen LogP contribution in [0, 0.1) is 0 Å². The maximum absolute atomic E-state index is 3.54. The number of nitrogens with one attached hydrogen (secondary N) is 1. The Balaban J connectivity index is 1.80. The van der Waals surface area contributed by atoms with Crippen molar-refractivity contribution in [1.29, 1.82) is 0 Å². The Bertz CT molecular complexity index is 574. The molecule has 0 amide bonds. The molecule has 1 N–H and O–H groups in total. The number of anilines is 4. The molecule has 0 radical (unpaired) electrons. The van der Waals surface area contributed by atoms with E-state index in [4.69, 9.17) is 0 Å². The highest BCUT2D eigenvalue weighted by molar-refractivity contribution is 5.91. The third kappa shape index (κ3) is 2.95. The van der Waals surface area contributed by atoms with E-state index < -0.39 is 0 Å². The van der Waals surface area contributed by atoms with Crippen LogP contribution in [-0.4, -0.2) is 31.1 Å². The molecule has 1 heterocycles. The maximum Gasteiger partial charge on any atom is 0.0650 e. The van der Waals surface area contributed by atoms with Gasteiger partial charge in [0.15, 0.2) is 0 Å². The lowest BCUT2D eigenvalue weighted by Gasteiger charge is -2.34. The molecule has 22 heavy (non-hydrogen) atoms. The summed E-state index contributed by atoms with van der Waals surface area (Å²) in [7, 11) is 0. The molecule has 0 aromatic heterocycles. The number of fused-ring (bicyclic) bond motifs is 2. The van der Waals surface area contributed by atoms with Crippen LogP contribution < -0.4 is 10.2 Å². The average Bonchev–Trinajstić information content (AvgIpc) is 2.58. The number of nitrogens with zero attached hydrogens (tertiary/aromatic N) is 2. The van der Waals surface area contributed by atoms with Crippen molar-refractivity contribution in [3.8, 4) is 0 Å². The van der Waals surface area contributed by atoms with Crippen molar-refractivity contribution in [3.63, 3.8) is 0 Å². The van der Waals surface area contributed by atoms with Crippen LogP contribution in [0.4, 0.5) is 22.7 Å². The molecule has 0 atom stereocenters. The Hall–Kier alpha value is -2.00. The second-order valence-corrected chi connectivity index (χ2v) is 5.69. The summed E-state index contributed by atoms with van der Waals surface area (Å²) in [5, 5.41) is 3.54. The molecule has 2 aromatic rings. The Morgan fingerprint density at radius 1 is 0.864 bits per heavy atom. The van der Waals surface area contributed by atoms with Crippen LogP contribution in [0.2, 0.25) is 0 Å². The van der Waals surface area contributed by atoms with Crippen LogP contribution in [0.1, 0.15) is 20.3 Å². The molecule has 3 nitrogen and oxygen atoms in total. The SMILES string of the molecule is CCN(CC)CCCN1c2ccccc2Nc2ccccc21. The molecule has 2 aromatic carbocycles. The Labute approximate surface area is 133 Å². The maximum atomic E-state index is 3.54. The largest absolute Gasteiger partial charge is 0.352 e. The molecule has 116 valence electrons. The van der Waals surface area contributed by atoms with Gasteiger partial charge in [-0.2, -0.15) is 0 Å². The number of para-hydroxylation sites is 4. The summed E-state index contributed by atoms with van der Waals surface area (Å²) in [5.41, 5.74) is 4.95. The molecule has 0 saturated carbocycles. The minimum atomic E-state index is 1.05. The Morgan fingerprint density at radius 3 is 1.95 bits per heavy atom. The minimum Gasteiger partial charge on any atom is -0.352 e. The molecule has 0 fully saturated rings. The fourth-order valence-electron chi connectivity index (χ4n) is 3.14. The van der Waals surface area contributed by atoms with Crippen molar-refractivity contribution in [1.82, 2.24) is 4.90 Å². The van der Waals surface area contributed by atoms with Crippen molar-refractivity contribution < 1.29 is 0 Å². The van der Waals surface area contributed by atoms with E-state index in [1.54, 1.807) is 0 Å². The summed E-state index contributed by atoms with van der Waals surface area (Å²) in [4.78, 5) is 4.94. The van der Waals surface area contributed by atoms with Crippen molar-refractivity contribution in [3.05, 3.63) is 48.5 Å². The van der Waals surface area contributed by atoms with Crippen molar-refractivity contribution in [2.45, 2.75) is 20.3 Å². The van der Waals surface area contributed by atoms with Crippen molar-refractivity contribution in [2.75, 3.05) is 36.4 Å². The van der Waals surface area contributed by atoms with Crippen LogP contribution in [0.3, 0.4) is 0 Å². The van der Waals surface area contributed by atoms with Crippen LogP contribution >= 0.6 is 0 Å². The first-order valence-corrected chi connectivity index (χ1v) is 8.28. The van der Waals surface area contributed by atoms with Gasteiger partial charge in [-0.15, -0.1) is 0 Å². The van der Waals surface area contributed by atoms with Gasteiger partial charge in [0.2, 0.25) is 0 Å². The first-order valence-electron chi connectivity index (χ1n) is 8.28. The zero-order chi connectivity index (χ0) is 15.4. The molecule has 3 rings (SSSR count). The fraction of sp³-hybridized carbons (Fsp3) is 0.368. The van der Waals surface area contributed by atoms with Crippen LogP contribution in [0.5, 0.6) is 0 Å². The highest BCUT2D eigenvalue weighted by atomic mass is 15.2. The highest BCUT2D eigenvalue weighted by Crippen LogP contribution is 2.43. The standard InChI is InChI=1S/C19H25N3/c1-3-21(4-2)14-9-15-22-18-12-7-5-10-16(18)20-17-11-6-8-13-19(17)22/h5-8,10-13,20H,3-4,9,14-15H2,1-2H3. The van der Waals surface area contributed by atoms with Crippen LogP contribution in [0.25, 0.3) is 0 Å². The van der Waals surface area contributed by atoms with Gasteiger partial charge in [0, 0.05) is 6.54 Å². The molecule has 0 bridgehead atoms. The van der Waals surface area contributed by atoms with Gasteiger partial charge < -0.3 is 15.1 Å². The lowest BCUT2D eigenvalue weighted by Crippen LogP contribution is -2.29. The van der Waals surface area contributed by atoms with Gasteiger partial charge in [-0.25, -0.2) is 0 Å². The van der Waals surface area contributed by atoms with Gasteiger partial charge >= 0.3 is 0 Å². The zero-order valence-electron chi connectivity index (χ0n) is 13.5. The van der Waals surface area contributed by atoms with Gasteiger partial charge in [-0.1, -0.05) is 38.1 Å². The van der Waals surface area contributed by atoms with Crippen LogP contribution in [0.15, 0.2) is 48.5 Å². The van der Waals surface area contributed by atoms with E-state index in [9.17, 15) is 0 Å². The smallest absolute Gasteiger partial charge is 0.0650 e. The summed E-state index contributed by atoms with van der Waals surface area (Å²) in [6.45, 7) is 8.93. The third-order valence-electron chi connectivity index (χ3n) is 4.41. The van der Waals surface area contributed by atoms with E-state index in [-0.39, 0.29) is 0 Å². The van der Waals surface area contributed by atoms with E-state index in [2.05, 4.69) is 77.5 Å². The lowest BCUT2D eigenvalue weighted by atomic mass is 10.1. The monoisotopic (exact) mass is 295 g/mol. The van der Waals surface area contributed by atoms with Gasteiger partial charge in [-0.05, 0) is 50.3 Å². The molecule has 0 aliphatic carbocycles. The zero-order valence-corrected chi connectivity index (χ0v) is 13.5. The number of hydrogen-bond donors (Lipinski definition) is 1. The topological polar surface area (TPSA) is 18.5 Å². The van der Waals surface area contributed by atoms with Crippen molar-refractivity contribution in [2.24, 2.45) is 0 Å². The second kappa shape index (κ2) is 6.84. The minimum absolute atomic E-state index is 1.05. The number of rotatable bonds is 6. The van der Waals surface area contributed by atoms with Crippen molar-refractivity contribution >= 4 is 22.7 Å². The molecule has 1 aliphatic heterocycles. The number of benzene rings is 2. The van der Waals surface area contributed by atoms with Gasteiger partial charge in [0.05, 0.1) is 22.7 Å². The molecule has 3 heteroatoms. The molecule has 0 unspecified atom stereocenters. The van der Waals surface area contributed by atoms with E-state index >= 15 is 0 Å². The Kier molecular flexibility index (Phi) is 4.64. The summed E-state index contributed by atoms with van der Waals surface area (Å²) in [5.74, 6) is 0. The predicted molar refractivity (Wildman–Crippen MR) is 95.6 cm³/mol. The Morgan fingerprint density at radius 2 is 1.41 bits per heavy atom. The molecular formula is C19H25N3. The number of hydrogen-bond acceptors (Lipinski definition) is 3. The first-order chi connectivity index (χ1) is 10.8. The summed E-state index contributed by atoms with van der Waals surface area (Å²) in [6.07, 6.45) is 1.17. The first kappa shape index (κ1) is 14.9. The lowest BCUT2D eigenvalue weighted by molar-refractivity contribution is 0.301. The fourth-order valence-corrected chi connectivity index (χ4v) is 3.14. The third-order valence-corrected chi connectivity index (χ3v) is 4.41. The molecule has 1 aliphatic rings. The van der Waals surface area contributed by atoms with E-state index in [0.29, 0.717) is 0 Å². The predicted octanol–water partition coefficient (Wildman–Crippen LogP) is 4.61. The summed E-state index contributed by atoms with van der Waals surface area (Å²) >= 11 is 0. The molecular weight excluding hydrogens is 270 g/mol. The van der Waals surface area contributed by atoms with Crippen LogP contribution in [-0.2, 0) is 0 Å². The second-order valence-electron chi connectivity index (χ2n) is 5.69. The van der Waals surface area contributed by atoms with Gasteiger partial charge in [-0.3, -0.25) is 0 Å². The quantitative estimate of drug-likeness (QED) is 0.839. The summed E-state index contributed by atoms with van der Waals surface area (Å²) < 4.78 is 0. The van der Waals surface area contributed by atoms with Gasteiger partial charge in [0.1, 0.15) is 0 Å². The highest BCUT2D eigenvalue weighted by Gasteiger charge is 2.21. The molecule has 0 saturated heterocycles.